The third-order valence-corrected chi connectivity index (χ3v) is 3.40. The van der Waals surface area contributed by atoms with Gasteiger partial charge in [-0.3, -0.25) is 0 Å². The van der Waals surface area contributed by atoms with E-state index in [4.69, 9.17) is 14.0 Å². The van der Waals surface area contributed by atoms with Gasteiger partial charge in [0, 0.05) is 0 Å². The molecule has 0 saturated heterocycles. The molecule has 2 aromatic rings. The third kappa shape index (κ3) is 1.15. The topological polar surface area (TPSA) is 77.1 Å². The van der Waals surface area contributed by atoms with E-state index < -0.39 is 0 Å². The summed E-state index contributed by atoms with van der Waals surface area (Å²) in [7, 11) is 0. The molecule has 1 aromatic heterocycles. The van der Waals surface area contributed by atoms with Gasteiger partial charge in [-0.1, -0.05) is 5.16 Å². The zero-order chi connectivity index (χ0) is 12.1. The van der Waals surface area contributed by atoms with E-state index in [2.05, 4.69) is 10.1 Å². The van der Waals surface area contributed by atoms with E-state index in [1.165, 1.54) is 6.39 Å². The van der Waals surface area contributed by atoms with Gasteiger partial charge in [0.15, 0.2) is 18.1 Å². The van der Waals surface area contributed by atoms with Crippen molar-refractivity contribution in [2.45, 2.75) is 6.10 Å². The van der Waals surface area contributed by atoms with Crippen molar-refractivity contribution < 1.29 is 19.1 Å². The molecule has 0 amide bonds. The molecular formula is C12H10N2O4. The molecule has 18 heavy (non-hydrogen) atoms. The Bertz CT molecular complexity index is 649. The second-order valence-corrected chi connectivity index (χ2v) is 4.36. The molecule has 3 heterocycles. The van der Waals surface area contributed by atoms with E-state index in [0.29, 0.717) is 12.2 Å². The predicted molar refractivity (Wildman–Crippen MR) is 61.5 cm³/mol. The highest BCUT2D eigenvalue weighted by atomic mass is 16.7. The number of aliphatic hydroxyl groups is 1. The number of aromatic nitrogens is 1. The molecule has 2 atom stereocenters. The SMILES string of the molecule is OCC1ON=C2c3c(ccc4ncoc34)OCC21. The van der Waals surface area contributed by atoms with Gasteiger partial charge in [-0.15, -0.1) is 0 Å². The number of ether oxygens (including phenoxy) is 1. The predicted octanol–water partition coefficient (Wildman–Crippen LogP) is 0.932. The summed E-state index contributed by atoms with van der Waals surface area (Å²) in [6.07, 6.45) is 1.06. The van der Waals surface area contributed by atoms with Crippen LogP contribution in [0.4, 0.5) is 0 Å². The molecule has 0 radical (unpaired) electrons. The van der Waals surface area contributed by atoms with Gasteiger partial charge >= 0.3 is 0 Å². The van der Waals surface area contributed by atoms with Crippen LogP contribution in [0, 0.1) is 5.92 Å². The van der Waals surface area contributed by atoms with Crippen molar-refractivity contribution in [3.63, 3.8) is 0 Å². The first kappa shape index (κ1) is 9.90. The Morgan fingerprint density at radius 3 is 3.22 bits per heavy atom. The van der Waals surface area contributed by atoms with Crippen LogP contribution in [0.15, 0.2) is 28.1 Å². The second kappa shape index (κ2) is 3.46. The lowest BCUT2D eigenvalue weighted by atomic mass is 9.90. The molecule has 2 unspecified atom stereocenters. The molecule has 92 valence electrons. The highest BCUT2D eigenvalue weighted by Gasteiger charge is 2.41. The Labute approximate surface area is 102 Å². The maximum absolute atomic E-state index is 9.24. The number of hydrogen-bond donors (Lipinski definition) is 1. The summed E-state index contributed by atoms with van der Waals surface area (Å²) in [5.74, 6) is 0.662. The normalized spacial score (nSPS) is 25.1. The smallest absolute Gasteiger partial charge is 0.182 e. The van der Waals surface area contributed by atoms with Crippen LogP contribution in [0.2, 0.25) is 0 Å². The Morgan fingerprint density at radius 1 is 1.39 bits per heavy atom. The molecule has 0 spiro atoms. The van der Waals surface area contributed by atoms with Crippen molar-refractivity contribution in [3.05, 3.63) is 24.1 Å². The van der Waals surface area contributed by atoms with Crippen LogP contribution in [0.25, 0.3) is 11.1 Å². The van der Waals surface area contributed by atoms with Gasteiger partial charge in [0.2, 0.25) is 0 Å². The monoisotopic (exact) mass is 246 g/mol. The minimum absolute atomic E-state index is 0.0572. The Hall–Kier alpha value is -2.08. The largest absolute Gasteiger partial charge is 0.492 e. The van der Waals surface area contributed by atoms with Crippen LogP contribution in [0.1, 0.15) is 5.56 Å². The Kier molecular flexibility index (Phi) is 1.90. The summed E-state index contributed by atoms with van der Waals surface area (Å²) in [5.41, 5.74) is 2.97. The quantitative estimate of drug-likeness (QED) is 0.810. The zero-order valence-electron chi connectivity index (χ0n) is 9.37. The van der Waals surface area contributed by atoms with Crippen LogP contribution in [0.3, 0.4) is 0 Å². The molecule has 2 aliphatic rings. The van der Waals surface area contributed by atoms with Crippen molar-refractivity contribution in [1.29, 1.82) is 0 Å². The molecule has 0 bridgehead atoms. The number of oxazole rings is 1. The standard InChI is InChI=1S/C12H10N2O4/c15-3-9-6-4-16-8-2-1-7-12(17-5-13-7)10(8)11(6)14-18-9/h1-2,5-6,9,15H,3-4H2. The van der Waals surface area contributed by atoms with Crippen molar-refractivity contribution in [2.75, 3.05) is 13.2 Å². The van der Waals surface area contributed by atoms with Gasteiger partial charge in [0.25, 0.3) is 0 Å². The number of fused-ring (bicyclic) bond motifs is 5. The van der Waals surface area contributed by atoms with E-state index in [0.717, 1.165) is 22.5 Å². The lowest BCUT2D eigenvalue weighted by Crippen LogP contribution is -2.35. The molecular weight excluding hydrogens is 236 g/mol. The van der Waals surface area contributed by atoms with Crippen molar-refractivity contribution in [1.82, 2.24) is 4.98 Å². The van der Waals surface area contributed by atoms with E-state index >= 15 is 0 Å². The van der Waals surface area contributed by atoms with Crippen LogP contribution >= 0.6 is 0 Å². The fourth-order valence-electron chi connectivity index (χ4n) is 2.47. The first-order valence-electron chi connectivity index (χ1n) is 5.72. The zero-order valence-corrected chi connectivity index (χ0v) is 9.37. The number of aliphatic hydroxyl groups excluding tert-OH is 1. The summed E-state index contributed by atoms with van der Waals surface area (Å²) >= 11 is 0. The first-order valence-corrected chi connectivity index (χ1v) is 5.72. The Balaban J connectivity index is 1.94. The van der Waals surface area contributed by atoms with Crippen LogP contribution in [-0.2, 0) is 4.84 Å². The van der Waals surface area contributed by atoms with E-state index in [1.807, 2.05) is 12.1 Å². The van der Waals surface area contributed by atoms with Gasteiger partial charge in [0.05, 0.1) is 18.1 Å². The van der Waals surface area contributed by atoms with E-state index in [1.54, 1.807) is 0 Å². The molecule has 0 aliphatic carbocycles. The van der Waals surface area contributed by atoms with Crippen LogP contribution < -0.4 is 4.74 Å². The van der Waals surface area contributed by atoms with Crippen molar-refractivity contribution in [3.8, 4) is 5.75 Å². The van der Waals surface area contributed by atoms with Crippen LogP contribution in [0.5, 0.6) is 5.75 Å². The van der Waals surface area contributed by atoms with Gasteiger partial charge in [-0.2, -0.15) is 0 Å². The molecule has 2 aliphatic heterocycles. The first-order chi connectivity index (χ1) is 8.88. The third-order valence-electron chi connectivity index (χ3n) is 3.40. The summed E-state index contributed by atoms with van der Waals surface area (Å²) in [4.78, 5) is 9.34. The highest BCUT2D eigenvalue weighted by Crippen LogP contribution is 2.37. The molecule has 4 rings (SSSR count). The minimum Gasteiger partial charge on any atom is -0.492 e. The van der Waals surface area contributed by atoms with Crippen LogP contribution in [-0.4, -0.2) is 35.1 Å². The summed E-state index contributed by atoms with van der Waals surface area (Å²) in [6.45, 7) is 0.374. The second-order valence-electron chi connectivity index (χ2n) is 4.36. The molecule has 6 heteroatoms. The van der Waals surface area contributed by atoms with Crippen molar-refractivity contribution in [2.24, 2.45) is 11.1 Å². The van der Waals surface area contributed by atoms with E-state index in [-0.39, 0.29) is 18.6 Å². The minimum atomic E-state index is -0.341. The fraction of sp³-hybridized carbons (Fsp3) is 0.333. The average Bonchev–Trinajstić information content (AvgIpc) is 3.04. The molecule has 1 aromatic carbocycles. The van der Waals surface area contributed by atoms with Gasteiger partial charge in [0.1, 0.15) is 23.6 Å². The summed E-state index contributed by atoms with van der Waals surface area (Å²) < 4.78 is 11.1. The molecule has 0 saturated carbocycles. The lowest BCUT2D eigenvalue weighted by molar-refractivity contribution is 0.00848. The van der Waals surface area contributed by atoms with Gasteiger partial charge < -0.3 is 19.1 Å². The highest BCUT2D eigenvalue weighted by molar-refractivity contribution is 6.13. The number of nitrogens with zero attached hydrogens (tertiary/aromatic N) is 2. The lowest BCUT2D eigenvalue weighted by Gasteiger charge is -2.24. The maximum atomic E-state index is 9.24. The number of rotatable bonds is 1. The van der Waals surface area contributed by atoms with Gasteiger partial charge in [-0.05, 0) is 12.1 Å². The fourth-order valence-corrected chi connectivity index (χ4v) is 2.47. The summed E-state index contributed by atoms with van der Waals surface area (Å²) in [5, 5.41) is 13.3. The Morgan fingerprint density at radius 2 is 2.33 bits per heavy atom. The van der Waals surface area contributed by atoms with Crippen molar-refractivity contribution >= 4 is 16.8 Å². The van der Waals surface area contributed by atoms with Gasteiger partial charge in [-0.25, -0.2) is 4.98 Å². The average molecular weight is 246 g/mol. The molecule has 6 nitrogen and oxygen atoms in total. The van der Waals surface area contributed by atoms with E-state index in [9.17, 15) is 5.11 Å². The number of oxime groups is 1. The molecule has 1 N–H and O–H groups in total. The number of hydrogen-bond acceptors (Lipinski definition) is 6. The maximum Gasteiger partial charge on any atom is 0.182 e. The molecule has 0 fully saturated rings. The number of benzene rings is 1. The summed E-state index contributed by atoms with van der Waals surface area (Å²) in [6, 6.07) is 3.70.